The highest BCUT2D eigenvalue weighted by Crippen LogP contribution is 2.29. The fraction of sp³-hybridized carbons (Fsp3) is 0.278. The SMILES string of the molecule is COc1ccc(C(C)NC(=O)c2ccc(C)c([N+](=O)[O-])c2)c(OC)c1. The highest BCUT2D eigenvalue weighted by atomic mass is 16.6. The molecule has 0 fully saturated rings. The van der Waals surface area contributed by atoms with E-state index in [1.54, 1.807) is 44.4 Å². The summed E-state index contributed by atoms with van der Waals surface area (Å²) in [6.45, 7) is 3.44. The van der Waals surface area contributed by atoms with Crippen molar-refractivity contribution in [2.24, 2.45) is 0 Å². The molecule has 0 radical (unpaired) electrons. The molecule has 0 aliphatic carbocycles. The molecule has 25 heavy (non-hydrogen) atoms. The van der Waals surface area contributed by atoms with Gasteiger partial charge in [0.1, 0.15) is 11.5 Å². The van der Waals surface area contributed by atoms with E-state index in [0.717, 1.165) is 5.56 Å². The van der Waals surface area contributed by atoms with Gasteiger partial charge in [0.15, 0.2) is 0 Å². The molecule has 0 aliphatic heterocycles. The van der Waals surface area contributed by atoms with Gasteiger partial charge in [-0.1, -0.05) is 6.07 Å². The number of carbonyl (C=O) groups excluding carboxylic acids is 1. The van der Waals surface area contributed by atoms with Crippen molar-refractivity contribution in [1.82, 2.24) is 5.32 Å². The summed E-state index contributed by atoms with van der Waals surface area (Å²) in [5.74, 6) is 0.837. The molecule has 0 heterocycles. The van der Waals surface area contributed by atoms with Gasteiger partial charge < -0.3 is 14.8 Å². The summed E-state index contributed by atoms with van der Waals surface area (Å²) in [7, 11) is 3.10. The van der Waals surface area contributed by atoms with Gasteiger partial charge in [0.25, 0.3) is 11.6 Å². The highest BCUT2D eigenvalue weighted by molar-refractivity contribution is 5.95. The lowest BCUT2D eigenvalue weighted by molar-refractivity contribution is -0.385. The Labute approximate surface area is 145 Å². The molecule has 1 unspecified atom stereocenters. The summed E-state index contributed by atoms with van der Waals surface area (Å²) in [5, 5.41) is 13.9. The molecule has 2 rings (SSSR count). The van der Waals surface area contributed by atoms with Crippen LogP contribution in [0.3, 0.4) is 0 Å². The highest BCUT2D eigenvalue weighted by Gasteiger charge is 2.19. The number of nitro groups is 1. The van der Waals surface area contributed by atoms with Crippen LogP contribution in [0.15, 0.2) is 36.4 Å². The molecule has 0 aliphatic rings. The Balaban J connectivity index is 2.23. The van der Waals surface area contributed by atoms with E-state index < -0.39 is 10.8 Å². The number of benzene rings is 2. The summed E-state index contributed by atoms with van der Waals surface area (Å²) in [6, 6.07) is 9.37. The molecule has 0 aromatic heterocycles. The van der Waals surface area contributed by atoms with E-state index in [-0.39, 0.29) is 17.3 Å². The van der Waals surface area contributed by atoms with Crippen molar-refractivity contribution < 1.29 is 19.2 Å². The predicted octanol–water partition coefficient (Wildman–Crippen LogP) is 3.41. The number of hydrogen-bond donors (Lipinski definition) is 1. The molecule has 1 N–H and O–H groups in total. The van der Waals surface area contributed by atoms with Gasteiger partial charge in [-0.3, -0.25) is 14.9 Å². The second-order valence-electron chi connectivity index (χ2n) is 5.56. The fourth-order valence-electron chi connectivity index (χ4n) is 2.48. The van der Waals surface area contributed by atoms with Gasteiger partial charge in [0.2, 0.25) is 0 Å². The third-order valence-corrected chi connectivity index (χ3v) is 3.92. The minimum Gasteiger partial charge on any atom is -0.497 e. The van der Waals surface area contributed by atoms with Crippen LogP contribution in [-0.2, 0) is 0 Å². The Hall–Kier alpha value is -3.09. The van der Waals surface area contributed by atoms with Gasteiger partial charge in [0.05, 0.1) is 25.2 Å². The Morgan fingerprint density at radius 3 is 2.48 bits per heavy atom. The molecule has 0 saturated heterocycles. The minimum atomic E-state index is -0.498. The summed E-state index contributed by atoms with van der Waals surface area (Å²) >= 11 is 0. The summed E-state index contributed by atoms with van der Waals surface area (Å²) < 4.78 is 10.5. The first-order valence-electron chi connectivity index (χ1n) is 7.65. The third kappa shape index (κ3) is 4.06. The van der Waals surface area contributed by atoms with Gasteiger partial charge in [-0.25, -0.2) is 0 Å². The lowest BCUT2D eigenvalue weighted by Crippen LogP contribution is -2.27. The molecule has 0 saturated carbocycles. The fourth-order valence-corrected chi connectivity index (χ4v) is 2.48. The molecule has 7 nitrogen and oxygen atoms in total. The number of nitro benzene ring substituents is 1. The molecule has 0 spiro atoms. The van der Waals surface area contributed by atoms with E-state index in [9.17, 15) is 14.9 Å². The van der Waals surface area contributed by atoms with E-state index in [1.807, 2.05) is 6.92 Å². The molecule has 7 heteroatoms. The zero-order chi connectivity index (χ0) is 18.6. The number of aryl methyl sites for hydroxylation is 1. The Bertz CT molecular complexity index is 804. The Kier molecular flexibility index (Phi) is 5.59. The molecule has 132 valence electrons. The maximum absolute atomic E-state index is 12.4. The van der Waals surface area contributed by atoms with Crippen molar-refractivity contribution in [2.45, 2.75) is 19.9 Å². The van der Waals surface area contributed by atoms with Crippen molar-refractivity contribution >= 4 is 11.6 Å². The standard InChI is InChI=1S/C18H20N2O5/c1-11-5-6-13(9-16(11)20(22)23)18(21)19-12(2)15-8-7-14(24-3)10-17(15)25-4/h5-10,12H,1-4H3,(H,19,21). The van der Waals surface area contributed by atoms with Crippen LogP contribution >= 0.6 is 0 Å². The maximum atomic E-state index is 12.4. The Morgan fingerprint density at radius 1 is 1.16 bits per heavy atom. The van der Waals surface area contributed by atoms with Crippen molar-refractivity contribution in [3.63, 3.8) is 0 Å². The number of hydrogen-bond acceptors (Lipinski definition) is 5. The van der Waals surface area contributed by atoms with E-state index >= 15 is 0 Å². The Morgan fingerprint density at radius 2 is 1.88 bits per heavy atom. The first kappa shape index (κ1) is 18.3. The predicted molar refractivity (Wildman–Crippen MR) is 93.3 cm³/mol. The van der Waals surface area contributed by atoms with Crippen LogP contribution in [0, 0.1) is 17.0 Å². The maximum Gasteiger partial charge on any atom is 0.273 e. The van der Waals surface area contributed by atoms with E-state index in [0.29, 0.717) is 17.1 Å². The van der Waals surface area contributed by atoms with Gasteiger partial charge in [-0.2, -0.15) is 0 Å². The first-order valence-corrected chi connectivity index (χ1v) is 7.65. The van der Waals surface area contributed by atoms with Crippen molar-refractivity contribution in [2.75, 3.05) is 14.2 Å². The van der Waals surface area contributed by atoms with Gasteiger partial charge in [-0.15, -0.1) is 0 Å². The summed E-state index contributed by atoms with van der Waals surface area (Å²) in [4.78, 5) is 23.0. The van der Waals surface area contributed by atoms with Crippen molar-refractivity contribution in [3.8, 4) is 11.5 Å². The average molecular weight is 344 g/mol. The van der Waals surface area contributed by atoms with Crippen molar-refractivity contribution in [1.29, 1.82) is 0 Å². The zero-order valence-corrected chi connectivity index (χ0v) is 14.5. The second-order valence-corrected chi connectivity index (χ2v) is 5.56. The normalized spacial score (nSPS) is 11.5. The summed E-state index contributed by atoms with van der Waals surface area (Å²) in [5.41, 5.74) is 1.43. The second kappa shape index (κ2) is 7.65. The van der Waals surface area contributed by atoms with Crippen molar-refractivity contribution in [3.05, 3.63) is 63.2 Å². The molecular weight excluding hydrogens is 324 g/mol. The largest absolute Gasteiger partial charge is 0.497 e. The van der Waals surface area contributed by atoms with Crippen LogP contribution in [0.1, 0.15) is 34.5 Å². The number of nitrogens with zero attached hydrogens (tertiary/aromatic N) is 1. The zero-order valence-electron chi connectivity index (χ0n) is 14.5. The van der Waals surface area contributed by atoms with E-state index in [4.69, 9.17) is 9.47 Å². The lowest BCUT2D eigenvalue weighted by Gasteiger charge is -2.18. The van der Waals surface area contributed by atoms with Gasteiger partial charge >= 0.3 is 0 Å². The lowest BCUT2D eigenvalue weighted by atomic mass is 10.1. The molecular formula is C18H20N2O5. The van der Waals surface area contributed by atoms with Gasteiger partial charge in [-0.05, 0) is 32.0 Å². The smallest absolute Gasteiger partial charge is 0.273 e. The number of amides is 1. The quantitative estimate of drug-likeness (QED) is 0.640. The number of carbonyl (C=O) groups is 1. The minimum absolute atomic E-state index is 0.0812. The number of ether oxygens (including phenoxy) is 2. The molecule has 0 bridgehead atoms. The van der Waals surface area contributed by atoms with Crippen LogP contribution in [0.25, 0.3) is 0 Å². The monoisotopic (exact) mass is 344 g/mol. The number of rotatable bonds is 6. The molecule has 1 atom stereocenters. The van der Waals surface area contributed by atoms with Crippen LogP contribution in [-0.4, -0.2) is 25.1 Å². The molecule has 2 aromatic carbocycles. The van der Waals surface area contributed by atoms with E-state index in [1.165, 1.54) is 13.2 Å². The van der Waals surface area contributed by atoms with E-state index in [2.05, 4.69) is 5.32 Å². The van der Waals surface area contributed by atoms with Gasteiger partial charge in [0, 0.05) is 28.8 Å². The first-order chi connectivity index (χ1) is 11.9. The molecule has 1 amide bonds. The van der Waals surface area contributed by atoms with Crippen LogP contribution in [0.5, 0.6) is 11.5 Å². The van der Waals surface area contributed by atoms with Crippen LogP contribution in [0.2, 0.25) is 0 Å². The summed E-state index contributed by atoms with van der Waals surface area (Å²) in [6.07, 6.45) is 0. The number of methoxy groups -OCH3 is 2. The van der Waals surface area contributed by atoms with Crippen LogP contribution < -0.4 is 14.8 Å². The topological polar surface area (TPSA) is 90.7 Å². The average Bonchev–Trinajstić information content (AvgIpc) is 2.60. The third-order valence-electron chi connectivity index (χ3n) is 3.92. The van der Waals surface area contributed by atoms with Crippen LogP contribution in [0.4, 0.5) is 5.69 Å². The molecule has 2 aromatic rings. The number of nitrogens with one attached hydrogen (secondary N) is 1.